The number of hydrogen-bond donors (Lipinski definition) is 0. The van der Waals surface area contributed by atoms with Crippen LogP contribution < -0.4 is 4.90 Å². The van der Waals surface area contributed by atoms with Gasteiger partial charge in [-0.05, 0) is 36.6 Å². The Hall–Kier alpha value is -3.43. The Kier molecular flexibility index (Phi) is 6.35. The lowest BCUT2D eigenvalue weighted by atomic mass is 10.0. The normalized spacial score (nSPS) is 15.1. The molecule has 0 spiro atoms. The van der Waals surface area contributed by atoms with Gasteiger partial charge in [0.1, 0.15) is 5.82 Å². The van der Waals surface area contributed by atoms with E-state index in [1.807, 2.05) is 36.9 Å². The molecule has 1 aliphatic heterocycles. The minimum atomic E-state index is -4.42. The van der Waals surface area contributed by atoms with Crippen molar-refractivity contribution in [3.05, 3.63) is 65.7 Å². The summed E-state index contributed by atoms with van der Waals surface area (Å²) in [6.45, 7) is 6.08. The number of anilines is 1. The fourth-order valence-corrected chi connectivity index (χ4v) is 4.00. The molecule has 0 aromatic carbocycles. The molecular formula is C23H25F3N6O. The highest BCUT2D eigenvalue weighted by Gasteiger charge is 2.31. The summed E-state index contributed by atoms with van der Waals surface area (Å²) in [6.07, 6.45) is 0.388. The molecule has 1 aliphatic rings. The number of carbonyl (C=O) groups is 1. The third kappa shape index (κ3) is 4.84. The van der Waals surface area contributed by atoms with Crippen molar-refractivity contribution in [1.29, 1.82) is 0 Å². The van der Waals surface area contributed by atoms with Crippen molar-refractivity contribution in [3.63, 3.8) is 0 Å². The quantitative estimate of drug-likeness (QED) is 0.588. The molecular weight excluding hydrogens is 433 g/mol. The summed E-state index contributed by atoms with van der Waals surface area (Å²) in [6, 6.07) is 7.95. The number of pyridine rings is 2. The fraction of sp³-hybridized carbons (Fsp3) is 0.391. The Morgan fingerprint density at radius 3 is 2.42 bits per heavy atom. The first-order valence-corrected chi connectivity index (χ1v) is 10.8. The van der Waals surface area contributed by atoms with E-state index in [1.165, 1.54) is 6.07 Å². The molecule has 0 unspecified atom stereocenters. The Labute approximate surface area is 189 Å². The molecule has 3 aromatic heterocycles. The molecule has 4 rings (SSSR count). The molecule has 1 saturated heterocycles. The Morgan fingerprint density at radius 1 is 0.970 bits per heavy atom. The molecule has 4 heterocycles. The third-order valence-electron chi connectivity index (χ3n) is 5.63. The van der Waals surface area contributed by atoms with Gasteiger partial charge in [0, 0.05) is 38.6 Å². The first kappa shape index (κ1) is 22.8. The van der Waals surface area contributed by atoms with E-state index in [9.17, 15) is 18.0 Å². The van der Waals surface area contributed by atoms with E-state index in [1.54, 1.807) is 22.0 Å². The monoisotopic (exact) mass is 458 g/mol. The van der Waals surface area contributed by atoms with Crippen LogP contribution in [-0.4, -0.2) is 56.7 Å². The zero-order valence-corrected chi connectivity index (χ0v) is 18.5. The van der Waals surface area contributed by atoms with E-state index >= 15 is 0 Å². The lowest BCUT2D eigenvalue weighted by Gasteiger charge is -2.23. The van der Waals surface area contributed by atoms with Gasteiger partial charge in [-0.25, -0.2) is 14.6 Å². The molecule has 0 aliphatic carbocycles. The number of halogens is 3. The van der Waals surface area contributed by atoms with Crippen molar-refractivity contribution in [2.45, 2.75) is 32.4 Å². The predicted molar refractivity (Wildman–Crippen MR) is 117 cm³/mol. The van der Waals surface area contributed by atoms with Gasteiger partial charge >= 0.3 is 6.18 Å². The van der Waals surface area contributed by atoms with Crippen LogP contribution in [0.2, 0.25) is 0 Å². The van der Waals surface area contributed by atoms with Crippen LogP contribution >= 0.6 is 0 Å². The SMILES string of the molecule is CC(C)c1c(C(=O)N2CCCN(c3ccc(C(F)(F)F)cn3)CC2)cnn1-c1ccccn1. The number of aromatic nitrogens is 4. The van der Waals surface area contributed by atoms with Crippen LogP contribution in [0, 0.1) is 0 Å². The maximum Gasteiger partial charge on any atom is 0.417 e. The minimum absolute atomic E-state index is 0.0493. The number of rotatable bonds is 4. The van der Waals surface area contributed by atoms with Gasteiger partial charge in [-0.3, -0.25) is 4.79 Å². The lowest BCUT2D eigenvalue weighted by Crippen LogP contribution is -2.35. The van der Waals surface area contributed by atoms with E-state index < -0.39 is 11.7 Å². The van der Waals surface area contributed by atoms with E-state index in [2.05, 4.69) is 15.1 Å². The number of carbonyl (C=O) groups excluding carboxylic acids is 1. The average Bonchev–Trinajstić information content (AvgIpc) is 3.10. The molecule has 0 saturated carbocycles. The molecule has 0 N–H and O–H groups in total. The fourth-order valence-electron chi connectivity index (χ4n) is 4.00. The van der Waals surface area contributed by atoms with Crippen molar-refractivity contribution in [3.8, 4) is 5.82 Å². The lowest BCUT2D eigenvalue weighted by molar-refractivity contribution is -0.137. The molecule has 7 nitrogen and oxygen atoms in total. The van der Waals surface area contributed by atoms with Crippen molar-refractivity contribution >= 4 is 11.7 Å². The second kappa shape index (κ2) is 9.21. The van der Waals surface area contributed by atoms with E-state index in [-0.39, 0.29) is 11.8 Å². The Morgan fingerprint density at radius 2 is 1.79 bits per heavy atom. The number of nitrogens with zero attached hydrogens (tertiary/aromatic N) is 6. The summed E-state index contributed by atoms with van der Waals surface area (Å²) >= 11 is 0. The second-order valence-corrected chi connectivity index (χ2v) is 8.23. The topological polar surface area (TPSA) is 67.2 Å². The number of amides is 1. The predicted octanol–water partition coefficient (Wildman–Crippen LogP) is 4.16. The van der Waals surface area contributed by atoms with E-state index in [4.69, 9.17) is 0 Å². The van der Waals surface area contributed by atoms with Crippen LogP contribution in [0.15, 0.2) is 48.9 Å². The molecule has 1 amide bonds. The highest BCUT2D eigenvalue weighted by molar-refractivity contribution is 5.95. The van der Waals surface area contributed by atoms with Crippen LogP contribution in [0.1, 0.15) is 47.8 Å². The smallest absolute Gasteiger partial charge is 0.355 e. The summed E-state index contributed by atoms with van der Waals surface area (Å²) in [5, 5.41) is 4.43. The van der Waals surface area contributed by atoms with Gasteiger partial charge in [-0.15, -0.1) is 0 Å². The molecule has 0 bridgehead atoms. The summed E-state index contributed by atoms with van der Waals surface area (Å²) < 4.78 is 40.2. The Balaban J connectivity index is 1.51. The summed E-state index contributed by atoms with van der Waals surface area (Å²) in [7, 11) is 0. The summed E-state index contributed by atoms with van der Waals surface area (Å²) in [4.78, 5) is 25.4. The van der Waals surface area contributed by atoms with Gasteiger partial charge in [0.15, 0.2) is 5.82 Å². The maximum absolute atomic E-state index is 13.4. The van der Waals surface area contributed by atoms with Crippen molar-refractivity contribution in [2.75, 3.05) is 31.1 Å². The number of alkyl halides is 3. The first-order chi connectivity index (χ1) is 15.8. The summed E-state index contributed by atoms with van der Waals surface area (Å²) in [5.74, 6) is 1.06. The highest BCUT2D eigenvalue weighted by Crippen LogP contribution is 2.30. The molecule has 3 aromatic rings. The first-order valence-electron chi connectivity index (χ1n) is 10.8. The van der Waals surface area contributed by atoms with Gasteiger partial charge in [-0.1, -0.05) is 19.9 Å². The number of hydrogen-bond acceptors (Lipinski definition) is 5. The highest BCUT2D eigenvalue weighted by atomic mass is 19.4. The minimum Gasteiger partial charge on any atom is -0.355 e. The van der Waals surface area contributed by atoms with Crippen molar-refractivity contribution in [1.82, 2.24) is 24.6 Å². The van der Waals surface area contributed by atoms with Gasteiger partial charge < -0.3 is 9.80 Å². The van der Waals surface area contributed by atoms with Gasteiger partial charge in [0.25, 0.3) is 5.91 Å². The maximum atomic E-state index is 13.4. The molecule has 0 radical (unpaired) electrons. The van der Waals surface area contributed by atoms with Gasteiger partial charge in [0.2, 0.25) is 0 Å². The van der Waals surface area contributed by atoms with E-state index in [0.717, 1.165) is 18.0 Å². The van der Waals surface area contributed by atoms with Crippen molar-refractivity contribution < 1.29 is 18.0 Å². The standard InChI is InChI=1S/C23H25F3N6O/c1-16(2)21-18(15-29-32(21)20-6-3-4-9-27-20)22(33)31-11-5-10-30(12-13-31)19-8-7-17(14-28-19)23(24,25)26/h3-4,6-9,14-16H,5,10-13H2,1-2H3. The van der Waals surface area contributed by atoms with Crippen LogP contribution in [0.4, 0.5) is 19.0 Å². The van der Waals surface area contributed by atoms with Gasteiger partial charge in [0.05, 0.1) is 23.0 Å². The molecule has 1 fully saturated rings. The van der Waals surface area contributed by atoms with Crippen LogP contribution in [0.3, 0.4) is 0 Å². The summed E-state index contributed by atoms with van der Waals surface area (Å²) in [5.41, 5.74) is 0.560. The molecule has 0 atom stereocenters. The Bertz CT molecular complexity index is 1100. The van der Waals surface area contributed by atoms with Crippen LogP contribution in [0.25, 0.3) is 5.82 Å². The van der Waals surface area contributed by atoms with E-state index in [0.29, 0.717) is 49.8 Å². The van der Waals surface area contributed by atoms with Crippen LogP contribution in [0.5, 0.6) is 0 Å². The largest absolute Gasteiger partial charge is 0.417 e. The third-order valence-corrected chi connectivity index (χ3v) is 5.63. The van der Waals surface area contributed by atoms with Gasteiger partial charge in [-0.2, -0.15) is 18.3 Å². The average molecular weight is 458 g/mol. The van der Waals surface area contributed by atoms with Crippen LogP contribution in [-0.2, 0) is 6.18 Å². The zero-order chi connectivity index (χ0) is 23.6. The molecule has 33 heavy (non-hydrogen) atoms. The zero-order valence-electron chi connectivity index (χ0n) is 18.5. The second-order valence-electron chi connectivity index (χ2n) is 8.23. The van der Waals surface area contributed by atoms with Crippen molar-refractivity contribution in [2.24, 2.45) is 0 Å². The molecule has 10 heteroatoms. The molecule has 174 valence electrons.